The van der Waals surface area contributed by atoms with Crippen LogP contribution in [0.3, 0.4) is 0 Å². The molecule has 0 unspecified atom stereocenters. The first-order valence-corrected chi connectivity index (χ1v) is 3.55. The number of rotatable bonds is 0. The summed E-state index contributed by atoms with van der Waals surface area (Å²) in [6, 6.07) is 0. The standard InChI is InChI=1S/C6H10N4/c1-2-7-4-6-5-8-9-10(6)3-1/h5,7H,1-4H2. The van der Waals surface area contributed by atoms with Crippen LogP contribution in [0, 0.1) is 0 Å². The van der Waals surface area contributed by atoms with Crippen molar-refractivity contribution in [2.75, 3.05) is 6.54 Å². The van der Waals surface area contributed by atoms with E-state index in [9.17, 15) is 0 Å². The van der Waals surface area contributed by atoms with Gasteiger partial charge in [0, 0.05) is 13.1 Å². The van der Waals surface area contributed by atoms with Crippen LogP contribution < -0.4 is 5.32 Å². The second-order valence-electron chi connectivity index (χ2n) is 2.48. The van der Waals surface area contributed by atoms with E-state index < -0.39 is 0 Å². The molecule has 0 saturated carbocycles. The van der Waals surface area contributed by atoms with Crippen LogP contribution in [0.15, 0.2) is 6.20 Å². The quantitative estimate of drug-likeness (QED) is 0.538. The smallest absolute Gasteiger partial charge is 0.0738 e. The largest absolute Gasteiger partial charge is 0.311 e. The van der Waals surface area contributed by atoms with Gasteiger partial charge in [-0.25, -0.2) is 4.68 Å². The van der Waals surface area contributed by atoms with E-state index in [1.165, 1.54) is 5.69 Å². The minimum atomic E-state index is 0.910. The lowest BCUT2D eigenvalue weighted by Gasteiger charge is -1.96. The van der Waals surface area contributed by atoms with Crippen molar-refractivity contribution in [2.24, 2.45) is 0 Å². The van der Waals surface area contributed by atoms with Crippen LogP contribution in [0.2, 0.25) is 0 Å². The normalized spacial score (nSPS) is 18.0. The number of aromatic nitrogens is 3. The topological polar surface area (TPSA) is 42.7 Å². The molecule has 0 fully saturated rings. The van der Waals surface area contributed by atoms with Gasteiger partial charge in [-0.2, -0.15) is 0 Å². The number of nitrogens with zero attached hydrogens (tertiary/aromatic N) is 3. The molecule has 1 aliphatic rings. The number of nitrogens with one attached hydrogen (secondary N) is 1. The second kappa shape index (κ2) is 2.38. The highest BCUT2D eigenvalue weighted by atomic mass is 15.4. The molecule has 0 atom stereocenters. The summed E-state index contributed by atoms with van der Waals surface area (Å²) in [5, 5.41) is 11.1. The molecule has 2 rings (SSSR count). The predicted octanol–water partition coefficient (Wildman–Crippen LogP) is -0.229. The fraction of sp³-hybridized carbons (Fsp3) is 0.667. The van der Waals surface area contributed by atoms with E-state index in [-0.39, 0.29) is 0 Å². The van der Waals surface area contributed by atoms with E-state index in [2.05, 4.69) is 15.6 Å². The summed E-state index contributed by atoms with van der Waals surface area (Å²) in [7, 11) is 0. The molecule has 1 aliphatic heterocycles. The molecule has 0 aliphatic carbocycles. The molecule has 10 heavy (non-hydrogen) atoms. The first-order chi connectivity index (χ1) is 4.97. The lowest BCUT2D eigenvalue weighted by atomic mass is 10.4. The highest BCUT2D eigenvalue weighted by Crippen LogP contribution is 2.00. The number of fused-ring (bicyclic) bond motifs is 1. The zero-order valence-electron chi connectivity index (χ0n) is 5.75. The van der Waals surface area contributed by atoms with E-state index in [1.54, 1.807) is 0 Å². The fourth-order valence-electron chi connectivity index (χ4n) is 1.17. The maximum Gasteiger partial charge on any atom is 0.0738 e. The van der Waals surface area contributed by atoms with Crippen LogP contribution in [0.25, 0.3) is 0 Å². The predicted molar refractivity (Wildman–Crippen MR) is 36.3 cm³/mol. The molecule has 0 bridgehead atoms. The second-order valence-corrected chi connectivity index (χ2v) is 2.48. The van der Waals surface area contributed by atoms with Crippen LogP contribution >= 0.6 is 0 Å². The Hall–Kier alpha value is -0.900. The molecule has 0 radical (unpaired) electrons. The third-order valence-electron chi connectivity index (χ3n) is 1.73. The highest BCUT2D eigenvalue weighted by Gasteiger charge is 2.05. The first-order valence-electron chi connectivity index (χ1n) is 3.55. The maximum atomic E-state index is 3.94. The highest BCUT2D eigenvalue weighted by molar-refractivity contribution is 4.94. The number of hydrogen-bond donors (Lipinski definition) is 1. The molecular weight excluding hydrogens is 128 g/mol. The van der Waals surface area contributed by atoms with Crippen LogP contribution in [-0.4, -0.2) is 21.5 Å². The van der Waals surface area contributed by atoms with E-state index in [0.29, 0.717) is 0 Å². The fourth-order valence-corrected chi connectivity index (χ4v) is 1.17. The summed E-state index contributed by atoms with van der Waals surface area (Å²) in [4.78, 5) is 0. The summed E-state index contributed by atoms with van der Waals surface area (Å²) in [6.45, 7) is 3.00. The van der Waals surface area contributed by atoms with Gasteiger partial charge in [0.2, 0.25) is 0 Å². The SMILES string of the molecule is c1nnn2c1CNCCC2. The van der Waals surface area contributed by atoms with Gasteiger partial charge in [-0.1, -0.05) is 5.21 Å². The Labute approximate surface area is 59.2 Å². The van der Waals surface area contributed by atoms with Gasteiger partial charge < -0.3 is 5.32 Å². The van der Waals surface area contributed by atoms with E-state index in [0.717, 1.165) is 26.1 Å². The molecule has 1 aromatic rings. The van der Waals surface area contributed by atoms with Gasteiger partial charge in [-0.05, 0) is 13.0 Å². The van der Waals surface area contributed by atoms with Gasteiger partial charge in [-0.3, -0.25) is 0 Å². The Balaban J connectivity index is 2.28. The van der Waals surface area contributed by atoms with E-state index in [1.807, 2.05) is 10.9 Å². The third-order valence-corrected chi connectivity index (χ3v) is 1.73. The summed E-state index contributed by atoms with van der Waals surface area (Å²) in [5.41, 5.74) is 1.19. The average Bonchev–Trinajstić information content (AvgIpc) is 2.28. The Bertz CT molecular complexity index is 197. The zero-order chi connectivity index (χ0) is 6.81. The minimum absolute atomic E-state index is 0.910. The Morgan fingerprint density at radius 3 is 3.60 bits per heavy atom. The molecule has 54 valence electrons. The zero-order valence-corrected chi connectivity index (χ0v) is 5.75. The lowest BCUT2D eigenvalue weighted by Crippen LogP contribution is -2.11. The molecule has 2 heterocycles. The van der Waals surface area contributed by atoms with Crippen molar-refractivity contribution in [2.45, 2.75) is 19.5 Å². The van der Waals surface area contributed by atoms with E-state index in [4.69, 9.17) is 0 Å². The van der Waals surface area contributed by atoms with Gasteiger partial charge in [0.15, 0.2) is 0 Å². The van der Waals surface area contributed by atoms with Crippen molar-refractivity contribution < 1.29 is 0 Å². The molecule has 0 amide bonds. The molecule has 0 saturated heterocycles. The molecule has 1 N–H and O–H groups in total. The third kappa shape index (κ3) is 0.903. The van der Waals surface area contributed by atoms with Gasteiger partial charge >= 0.3 is 0 Å². The van der Waals surface area contributed by atoms with E-state index >= 15 is 0 Å². The Morgan fingerprint density at radius 2 is 2.60 bits per heavy atom. The first kappa shape index (κ1) is 5.85. The summed E-state index contributed by atoms with van der Waals surface area (Å²) < 4.78 is 1.96. The van der Waals surface area contributed by atoms with Crippen molar-refractivity contribution in [3.63, 3.8) is 0 Å². The van der Waals surface area contributed by atoms with Crippen LogP contribution in [0.1, 0.15) is 12.1 Å². The van der Waals surface area contributed by atoms with Crippen molar-refractivity contribution in [1.82, 2.24) is 20.3 Å². The summed E-state index contributed by atoms with van der Waals surface area (Å²) in [6.07, 6.45) is 2.97. The van der Waals surface area contributed by atoms with Gasteiger partial charge in [0.05, 0.1) is 11.9 Å². The molecule has 0 aromatic carbocycles. The van der Waals surface area contributed by atoms with Crippen LogP contribution in [0.4, 0.5) is 0 Å². The minimum Gasteiger partial charge on any atom is -0.311 e. The van der Waals surface area contributed by atoms with Gasteiger partial charge in [-0.15, -0.1) is 5.10 Å². The van der Waals surface area contributed by atoms with Crippen LogP contribution in [0.5, 0.6) is 0 Å². The van der Waals surface area contributed by atoms with Crippen molar-refractivity contribution in [3.8, 4) is 0 Å². The number of aryl methyl sites for hydroxylation is 1. The Morgan fingerprint density at radius 1 is 1.60 bits per heavy atom. The Kier molecular flexibility index (Phi) is 1.39. The average molecular weight is 138 g/mol. The molecule has 1 aromatic heterocycles. The number of hydrogen-bond acceptors (Lipinski definition) is 3. The molecule has 0 spiro atoms. The lowest BCUT2D eigenvalue weighted by molar-refractivity contribution is 0.566. The van der Waals surface area contributed by atoms with Crippen molar-refractivity contribution in [3.05, 3.63) is 11.9 Å². The molecule has 4 heteroatoms. The molecular formula is C6H10N4. The summed E-state index contributed by atoms with van der Waals surface area (Å²) >= 11 is 0. The van der Waals surface area contributed by atoms with Crippen molar-refractivity contribution in [1.29, 1.82) is 0 Å². The maximum absolute atomic E-state index is 3.94. The van der Waals surface area contributed by atoms with Gasteiger partial charge in [0.1, 0.15) is 0 Å². The molecule has 4 nitrogen and oxygen atoms in total. The van der Waals surface area contributed by atoms with Gasteiger partial charge in [0.25, 0.3) is 0 Å². The van der Waals surface area contributed by atoms with Crippen LogP contribution in [-0.2, 0) is 13.1 Å². The monoisotopic (exact) mass is 138 g/mol. The summed E-state index contributed by atoms with van der Waals surface area (Å²) in [5.74, 6) is 0. The van der Waals surface area contributed by atoms with Crippen molar-refractivity contribution >= 4 is 0 Å².